The Hall–Kier alpha value is -2.09. The second-order valence-electron chi connectivity index (χ2n) is 4.34. The highest BCUT2D eigenvalue weighted by molar-refractivity contribution is 5.95. The zero-order valence-corrected chi connectivity index (χ0v) is 9.81. The Morgan fingerprint density at radius 1 is 1.47 bits per heavy atom. The molecule has 1 aliphatic rings. The Balaban J connectivity index is 2.39. The average Bonchev–Trinajstić information content (AvgIpc) is 2.77. The van der Waals surface area contributed by atoms with Gasteiger partial charge < -0.3 is 10.6 Å². The molecule has 0 saturated carbocycles. The second kappa shape index (κ2) is 4.88. The first-order chi connectivity index (χ1) is 8.90. The number of nitrogens with zero attached hydrogens (tertiary/aromatic N) is 2. The van der Waals surface area contributed by atoms with Crippen LogP contribution in [0, 0.1) is 21.7 Å². The van der Waals surface area contributed by atoms with E-state index >= 15 is 0 Å². The minimum absolute atomic E-state index is 0.212. The lowest BCUT2D eigenvalue weighted by molar-refractivity contribution is -0.387. The van der Waals surface area contributed by atoms with Gasteiger partial charge in [-0.15, -0.1) is 0 Å². The fourth-order valence-corrected chi connectivity index (χ4v) is 2.01. The first-order valence-electron chi connectivity index (χ1n) is 5.58. The van der Waals surface area contributed by atoms with Gasteiger partial charge in [-0.2, -0.15) is 4.39 Å². The van der Waals surface area contributed by atoms with Gasteiger partial charge in [0.05, 0.1) is 16.6 Å². The van der Waals surface area contributed by atoms with Gasteiger partial charge in [-0.1, -0.05) is 0 Å². The molecule has 102 valence electrons. The second-order valence-corrected chi connectivity index (χ2v) is 4.34. The van der Waals surface area contributed by atoms with Gasteiger partial charge >= 0.3 is 5.69 Å². The van der Waals surface area contributed by atoms with E-state index in [0.29, 0.717) is 25.1 Å². The van der Waals surface area contributed by atoms with Crippen molar-refractivity contribution in [1.82, 2.24) is 4.90 Å². The predicted octanol–water partition coefficient (Wildman–Crippen LogP) is 1.05. The van der Waals surface area contributed by atoms with Gasteiger partial charge in [-0.05, 0) is 12.5 Å². The fourth-order valence-electron chi connectivity index (χ4n) is 2.01. The quantitative estimate of drug-likeness (QED) is 0.643. The number of carbonyl (C=O) groups is 1. The maximum atomic E-state index is 13.8. The molecule has 1 fully saturated rings. The molecular weight excluding hydrogens is 260 g/mol. The van der Waals surface area contributed by atoms with Crippen molar-refractivity contribution in [2.75, 3.05) is 13.1 Å². The molecule has 0 bridgehead atoms. The monoisotopic (exact) mass is 271 g/mol. The van der Waals surface area contributed by atoms with Crippen molar-refractivity contribution in [1.29, 1.82) is 0 Å². The van der Waals surface area contributed by atoms with E-state index in [1.807, 2.05) is 0 Å². The molecule has 0 unspecified atom stereocenters. The lowest BCUT2D eigenvalue weighted by Crippen LogP contribution is -2.32. The Morgan fingerprint density at radius 3 is 2.68 bits per heavy atom. The van der Waals surface area contributed by atoms with Crippen molar-refractivity contribution in [2.24, 2.45) is 5.73 Å². The highest BCUT2D eigenvalue weighted by Gasteiger charge is 2.30. The smallest absolute Gasteiger partial charge is 0.308 e. The number of benzene rings is 1. The highest BCUT2D eigenvalue weighted by atomic mass is 19.1. The number of rotatable bonds is 2. The van der Waals surface area contributed by atoms with Gasteiger partial charge in [0.25, 0.3) is 5.91 Å². The Kier molecular flexibility index (Phi) is 3.43. The number of nitro benzene ring substituents is 1. The van der Waals surface area contributed by atoms with Gasteiger partial charge in [0.1, 0.15) is 5.82 Å². The van der Waals surface area contributed by atoms with Crippen LogP contribution in [0.15, 0.2) is 12.1 Å². The maximum Gasteiger partial charge on any atom is 0.308 e. The molecule has 0 aromatic heterocycles. The van der Waals surface area contributed by atoms with Gasteiger partial charge in [0.2, 0.25) is 5.82 Å². The standard InChI is InChI=1S/C11H11F2N3O3/c12-6-3-8(10(13)9(4-6)16(18)19)11(17)15-2-1-7(14)5-15/h3-4,7H,1-2,5,14H2/t7-/m0/s1. The van der Waals surface area contributed by atoms with E-state index in [9.17, 15) is 23.7 Å². The van der Waals surface area contributed by atoms with E-state index in [-0.39, 0.29) is 12.6 Å². The molecule has 0 radical (unpaired) electrons. The van der Waals surface area contributed by atoms with Crippen molar-refractivity contribution >= 4 is 11.6 Å². The van der Waals surface area contributed by atoms with Crippen LogP contribution in [0.5, 0.6) is 0 Å². The summed E-state index contributed by atoms with van der Waals surface area (Å²) in [6, 6.07) is 0.895. The zero-order valence-electron chi connectivity index (χ0n) is 9.81. The Morgan fingerprint density at radius 2 is 2.16 bits per heavy atom. The fraction of sp³-hybridized carbons (Fsp3) is 0.364. The minimum Gasteiger partial charge on any atom is -0.337 e. The van der Waals surface area contributed by atoms with E-state index in [4.69, 9.17) is 5.73 Å². The number of hydrogen-bond donors (Lipinski definition) is 1. The number of likely N-dealkylation sites (tertiary alicyclic amines) is 1. The molecule has 1 saturated heterocycles. The SMILES string of the molecule is N[C@H]1CCN(C(=O)c2cc(F)cc([N+](=O)[O-])c2F)C1. The molecule has 0 aliphatic carbocycles. The summed E-state index contributed by atoms with van der Waals surface area (Å²) in [4.78, 5) is 22.7. The van der Waals surface area contributed by atoms with Gasteiger partial charge in [-0.25, -0.2) is 4.39 Å². The number of halogens is 2. The van der Waals surface area contributed by atoms with E-state index in [1.165, 1.54) is 4.90 Å². The summed E-state index contributed by atoms with van der Waals surface area (Å²) < 4.78 is 27.0. The van der Waals surface area contributed by atoms with E-state index in [0.717, 1.165) is 0 Å². The first kappa shape index (κ1) is 13.3. The Labute approximate surface area is 106 Å². The van der Waals surface area contributed by atoms with Crippen LogP contribution in [-0.4, -0.2) is 34.9 Å². The molecule has 1 aliphatic heterocycles. The summed E-state index contributed by atoms with van der Waals surface area (Å²) in [5, 5.41) is 10.6. The molecule has 2 rings (SSSR count). The molecule has 6 nitrogen and oxygen atoms in total. The lowest BCUT2D eigenvalue weighted by atomic mass is 10.1. The molecule has 1 aromatic rings. The lowest BCUT2D eigenvalue weighted by Gasteiger charge is -2.16. The molecule has 8 heteroatoms. The molecule has 1 heterocycles. The van der Waals surface area contributed by atoms with E-state index < -0.39 is 33.7 Å². The van der Waals surface area contributed by atoms with E-state index in [2.05, 4.69) is 0 Å². The Bertz CT molecular complexity index is 550. The largest absolute Gasteiger partial charge is 0.337 e. The van der Waals surface area contributed by atoms with Crippen LogP contribution in [0.2, 0.25) is 0 Å². The molecule has 1 amide bonds. The summed E-state index contributed by atoms with van der Waals surface area (Å²) in [6.45, 7) is 0.548. The van der Waals surface area contributed by atoms with E-state index in [1.54, 1.807) is 0 Å². The van der Waals surface area contributed by atoms with Crippen molar-refractivity contribution in [3.8, 4) is 0 Å². The van der Waals surface area contributed by atoms with Gasteiger partial charge in [0, 0.05) is 19.1 Å². The summed E-state index contributed by atoms with van der Waals surface area (Å²) in [6.07, 6.45) is 0.560. The number of amides is 1. The minimum atomic E-state index is -1.32. The topological polar surface area (TPSA) is 89.5 Å². The van der Waals surface area contributed by atoms with Crippen LogP contribution in [-0.2, 0) is 0 Å². The molecule has 19 heavy (non-hydrogen) atoms. The van der Waals surface area contributed by atoms with Crippen LogP contribution in [0.25, 0.3) is 0 Å². The van der Waals surface area contributed by atoms with Crippen molar-refractivity contribution < 1.29 is 18.5 Å². The molecular formula is C11H11F2N3O3. The summed E-state index contributed by atoms with van der Waals surface area (Å²) in [5.41, 5.74) is 3.93. The number of nitro groups is 1. The summed E-state index contributed by atoms with van der Waals surface area (Å²) >= 11 is 0. The van der Waals surface area contributed by atoms with Gasteiger partial charge in [0.15, 0.2) is 0 Å². The highest BCUT2D eigenvalue weighted by Crippen LogP contribution is 2.24. The molecule has 0 spiro atoms. The van der Waals surface area contributed by atoms with Crippen LogP contribution >= 0.6 is 0 Å². The summed E-state index contributed by atoms with van der Waals surface area (Å²) in [5.74, 6) is -3.13. The normalized spacial score (nSPS) is 18.7. The van der Waals surface area contributed by atoms with Crippen molar-refractivity contribution in [3.63, 3.8) is 0 Å². The predicted molar refractivity (Wildman–Crippen MR) is 61.5 cm³/mol. The number of nitrogens with two attached hydrogens (primary N) is 1. The summed E-state index contributed by atoms with van der Waals surface area (Å²) in [7, 11) is 0. The van der Waals surface area contributed by atoms with Crippen molar-refractivity contribution in [2.45, 2.75) is 12.5 Å². The third kappa shape index (κ3) is 2.53. The maximum absolute atomic E-state index is 13.8. The van der Waals surface area contributed by atoms with Crippen LogP contribution < -0.4 is 5.73 Å². The molecule has 1 aromatic carbocycles. The van der Waals surface area contributed by atoms with Crippen molar-refractivity contribution in [3.05, 3.63) is 39.4 Å². The molecule has 2 N–H and O–H groups in total. The van der Waals surface area contributed by atoms with Crippen LogP contribution in [0.3, 0.4) is 0 Å². The number of hydrogen-bond acceptors (Lipinski definition) is 4. The average molecular weight is 271 g/mol. The zero-order chi connectivity index (χ0) is 14.2. The third-order valence-electron chi connectivity index (χ3n) is 2.96. The van der Waals surface area contributed by atoms with Crippen LogP contribution in [0.1, 0.15) is 16.8 Å². The van der Waals surface area contributed by atoms with Gasteiger partial charge in [-0.3, -0.25) is 14.9 Å². The number of carbonyl (C=O) groups excluding carboxylic acids is 1. The third-order valence-corrected chi connectivity index (χ3v) is 2.96. The molecule has 1 atom stereocenters. The first-order valence-corrected chi connectivity index (χ1v) is 5.58. The van der Waals surface area contributed by atoms with Crippen LogP contribution in [0.4, 0.5) is 14.5 Å².